The number of amides is 1. The average molecular weight is 268 g/mol. The minimum atomic E-state index is -1.28. The number of rotatable bonds is 6. The normalized spacial score (nSPS) is 9.74. The number of nitrogens with one attached hydrogen (secondary N) is 1. The van der Waals surface area contributed by atoms with Gasteiger partial charge in [0.05, 0.1) is 10.5 Å². The topological polar surface area (TPSA) is 119 Å². The molecule has 8 heteroatoms. The van der Waals surface area contributed by atoms with Crippen molar-refractivity contribution in [1.29, 1.82) is 0 Å². The van der Waals surface area contributed by atoms with Crippen molar-refractivity contribution in [2.75, 3.05) is 13.2 Å². The Morgan fingerprint density at radius 2 is 2.16 bits per heavy atom. The van der Waals surface area contributed by atoms with E-state index in [4.69, 9.17) is 9.84 Å². The molecule has 19 heavy (non-hydrogen) atoms. The predicted octanol–water partition coefficient (Wildman–Crippen LogP) is 0.808. The van der Waals surface area contributed by atoms with Crippen molar-refractivity contribution >= 4 is 17.6 Å². The zero-order valence-electron chi connectivity index (χ0n) is 10.1. The van der Waals surface area contributed by atoms with Crippen LogP contribution in [0.5, 0.6) is 5.75 Å². The van der Waals surface area contributed by atoms with Gasteiger partial charge >= 0.3 is 11.7 Å². The van der Waals surface area contributed by atoms with Gasteiger partial charge in [0.1, 0.15) is 0 Å². The fraction of sp³-hybridized carbons (Fsp3) is 0.273. The molecule has 2 N–H and O–H groups in total. The summed E-state index contributed by atoms with van der Waals surface area (Å²) >= 11 is 0. The number of nitrogens with zero attached hydrogens (tertiary/aromatic N) is 1. The molecule has 0 aliphatic carbocycles. The molecule has 0 fully saturated rings. The second kappa shape index (κ2) is 6.34. The Balaban J connectivity index is 2.91. The number of hydrogen-bond donors (Lipinski definition) is 2. The summed E-state index contributed by atoms with van der Waals surface area (Å²) in [4.78, 5) is 31.9. The van der Waals surface area contributed by atoms with Crippen LogP contribution in [0.25, 0.3) is 0 Å². The molecular weight excluding hydrogens is 256 g/mol. The number of ether oxygens (including phenoxy) is 1. The SMILES string of the molecule is CCNC(=O)COc1ccc(C(=O)O)cc1[N+](=O)[O-]. The number of likely N-dealkylation sites (N-methyl/N-ethyl adjacent to an activating group) is 1. The molecule has 0 bridgehead atoms. The number of nitro benzene ring substituents is 1. The van der Waals surface area contributed by atoms with E-state index in [1.807, 2.05) is 0 Å². The molecule has 1 aromatic carbocycles. The lowest BCUT2D eigenvalue weighted by atomic mass is 10.2. The molecule has 1 rings (SSSR count). The maximum absolute atomic E-state index is 11.2. The Kier molecular flexibility index (Phi) is 4.81. The van der Waals surface area contributed by atoms with Gasteiger partial charge in [-0.25, -0.2) is 4.79 Å². The largest absolute Gasteiger partial charge is 0.478 e. The minimum absolute atomic E-state index is 0.152. The van der Waals surface area contributed by atoms with Gasteiger partial charge in [-0.05, 0) is 19.1 Å². The molecule has 0 radical (unpaired) electrons. The van der Waals surface area contributed by atoms with Crippen LogP contribution in [-0.4, -0.2) is 35.1 Å². The van der Waals surface area contributed by atoms with E-state index in [2.05, 4.69) is 5.32 Å². The molecule has 0 atom stereocenters. The van der Waals surface area contributed by atoms with Crippen molar-refractivity contribution in [3.63, 3.8) is 0 Å². The fourth-order valence-electron chi connectivity index (χ4n) is 1.31. The molecule has 102 valence electrons. The summed E-state index contributed by atoms with van der Waals surface area (Å²) in [6, 6.07) is 3.21. The van der Waals surface area contributed by atoms with Crippen LogP contribution in [0.15, 0.2) is 18.2 Å². The van der Waals surface area contributed by atoms with Crippen molar-refractivity contribution in [2.24, 2.45) is 0 Å². The maximum Gasteiger partial charge on any atom is 0.335 e. The highest BCUT2D eigenvalue weighted by molar-refractivity contribution is 5.89. The lowest BCUT2D eigenvalue weighted by molar-refractivity contribution is -0.385. The first-order valence-electron chi connectivity index (χ1n) is 5.37. The summed E-state index contributed by atoms with van der Waals surface area (Å²) in [5.41, 5.74) is -0.721. The Hall–Kier alpha value is -2.64. The second-order valence-electron chi connectivity index (χ2n) is 3.49. The molecule has 0 aliphatic heterocycles. The number of carbonyl (C=O) groups is 2. The third-order valence-electron chi connectivity index (χ3n) is 2.14. The average Bonchev–Trinajstić information content (AvgIpc) is 2.36. The number of nitro groups is 1. The van der Waals surface area contributed by atoms with Crippen LogP contribution in [0, 0.1) is 10.1 Å². The van der Waals surface area contributed by atoms with Crippen LogP contribution in [0.3, 0.4) is 0 Å². The minimum Gasteiger partial charge on any atom is -0.478 e. The van der Waals surface area contributed by atoms with Crippen molar-refractivity contribution in [2.45, 2.75) is 6.92 Å². The van der Waals surface area contributed by atoms with E-state index in [-0.39, 0.29) is 17.9 Å². The standard InChI is InChI=1S/C11H12N2O6/c1-2-12-10(14)6-19-9-4-3-7(11(15)16)5-8(9)13(17)18/h3-5H,2,6H2,1H3,(H,12,14)(H,15,16). The lowest BCUT2D eigenvalue weighted by Crippen LogP contribution is -2.28. The van der Waals surface area contributed by atoms with Gasteiger partial charge in [0.25, 0.3) is 5.91 Å². The third-order valence-corrected chi connectivity index (χ3v) is 2.14. The highest BCUT2D eigenvalue weighted by Gasteiger charge is 2.19. The monoisotopic (exact) mass is 268 g/mol. The summed E-state index contributed by atoms with van der Waals surface area (Å²) in [6.07, 6.45) is 0. The van der Waals surface area contributed by atoms with E-state index in [1.165, 1.54) is 6.07 Å². The van der Waals surface area contributed by atoms with Gasteiger partial charge in [0.15, 0.2) is 12.4 Å². The smallest absolute Gasteiger partial charge is 0.335 e. The van der Waals surface area contributed by atoms with E-state index in [1.54, 1.807) is 6.92 Å². The molecule has 1 amide bonds. The van der Waals surface area contributed by atoms with E-state index < -0.39 is 22.5 Å². The van der Waals surface area contributed by atoms with Gasteiger partial charge in [-0.1, -0.05) is 0 Å². The molecule has 0 saturated carbocycles. The van der Waals surface area contributed by atoms with E-state index in [0.717, 1.165) is 12.1 Å². The van der Waals surface area contributed by atoms with Gasteiger partial charge < -0.3 is 15.2 Å². The van der Waals surface area contributed by atoms with Crippen LogP contribution in [0.4, 0.5) is 5.69 Å². The van der Waals surface area contributed by atoms with Gasteiger partial charge in [-0.3, -0.25) is 14.9 Å². The van der Waals surface area contributed by atoms with Crippen molar-refractivity contribution in [1.82, 2.24) is 5.32 Å². The Labute approximate surface area is 108 Å². The number of hydrogen-bond acceptors (Lipinski definition) is 5. The summed E-state index contributed by atoms with van der Waals surface area (Å²) < 4.78 is 5.00. The van der Waals surface area contributed by atoms with Crippen LogP contribution in [0.1, 0.15) is 17.3 Å². The Morgan fingerprint density at radius 3 is 2.68 bits per heavy atom. The van der Waals surface area contributed by atoms with E-state index in [0.29, 0.717) is 6.54 Å². The molecule has 0 unspecified atom stereocenters. The first-order valence-corrected chi connectivity index (χ1v) is 5.37. The van der Waals surface area contributed by atoms with E-state index >= 15 is 0 Å². The summed E-state index contributed by atoms with van der Waals surface area (Å²) in [5.74, 6) is -1.85. The number of carbonyl (C=O) groups excluding carboxylic acids is 1. The number of carboxylic acid groups (broad SMARTS) is 1. The van der Waals surface area contributed by atoms with E-state index in [9.17, 15) is 19.7 Å². The molecule has 0 heterocycles. The molecule has 0 aliphatic rings. The highest BCUT2D eigenvalue weighted by atomic mass is 16.6. The van der Waals surface area contributed by atoms with Gasteiger partial charge in [-0.15, -0.1) is 0 Å². The van der Waals surface area contributed by atoms with Crippen LogP contribution < -0.4 is 10.1 Å². The fourth-order valence-corrected chi connectivity index (χ4v) is 1.31. The van der Waals surface area contributed by atoms with Crippen LogP contribution in [-0.2, 0) is 4.79 Å². The maximum atomic E-state index is 11.2. The van der Waals surface area contributed by atoms with Gasteiger partial charge in [0, 0.05) is 12.6 Å². The molecule has 0 spiro atoms. The zero-order valence-corrected chi connectivity index (χ0v) is 10.1. The quantitative estimate of drug-likeness (QED) is 0.582. The third kappa shape index (κ3) is 3.95. The highest BCUT2D eigenvalue weighted by Crippen LogP contribution is 2.27. The first-order chi connectivity index (χ1) is 8.95. The van der Waals surface area contributed by atoms with Crippen molar-refractivity contribution in [3.05, 3.63) is 33.9 Å². The lowest BCUT2D eigenvalue weighted by Gasteiger charge is -2.07. The number of carboxylic acids is 1. The first kappa shape index (κ1) is 14.4. The van der Waals surface area contributed by atoms with Gasteiger partial charge in [0.2, 0.25) is 0 Å². The number of aromatic carboxylic acids is 1. The molecule has 1 aromatic rings. The van der Waals surface area contributed by atoms with Gasteiger partial charge in [-0.2, -0.15) is 0 Å². The summed E-state index contributed by atoms with van der Waals surface area (Å²) in [6.45, 7) is 1.77. The second-order valence-corrected chi connectivity index (χ2v) is 3.49. The molecular formula is C11H12N2O6. The Bertz CT molecular complexity index is 514. The zero-order chi connectivity index (χ0) is 14.4. The van der Waals surface area contributed by atoms with Crippen molar-refractivity contribution < 1.29 is 24.4 Å². The van der Waals surface area contributed by atoms with Crippen LogP contribution in [0.2, 0.25) is 0 Å². The Morgan fingerprint density at radius 1 is 1.47 bits per heavy atom. The summed E-state index contributed by atoms with van der Waals surface area (Å²) in [5, 5.41) is 22.0. The summed E-state index contributed by atoms with van der Waals surface area (Å²) in [7, 11) is 0. The van der Waals surface area contributed by atoms with Crippen LogP contribution >= 0.6 is 0 Å². The molecule has 0 aromatic heterocycles. The van der Waals surface area contributed by atoms with Crippen molar-refractivity contribution in [3.8, 4) is 5.75 Å². The molecule has 0 saturated heterocycles. The number of benzene rings is 1. The molecule has 8 nitrogen and oxygen atoms in total. The predicted molar refractivity (Wildman–Crippen MR) is 64.2 cm³/mol.